The van der Waals surface area contributed by atoms with Crippen LogP contribution in [0.3, 0.4) is 0 Å². The molecule has 1 unspecified atom stereocenters. The van der Waals surface area contributed by atoms with Crippen LogP contribution < -0.4 is 5.32 Å². The largest absolute Gasteiger partial charge is 0.455 e. The van der Waals surface area contributed by atoms with E-state index in [4.69, 9.17) is 4.42 Å². The van der Waals surface area contributed by atoms with Gasteiger partial charge in [-0.3, -0.25) is 0 Å². The van der Waals surface area contributed by atoms with Crippen LogP contribution in [0.4, 0.5) is 0 Å². The first-order valence-corrected chi connectivity index (χ1v) is 19.5. The number of hydrogen-bond donors (Lipinski definition) is 1. The van der Waals surface area contributed by atoms with E-state index in [2.05, 4.69) is 174 Å². The van der Waals surface area contributed by atoms with Gasteiger partial charge in [0.2, 0.25) is 0 Å². The summed E-state index contributed by atoms with van der Waals surface area (Å²) in [5.41, 5.74) is 13.8. The Hall–Kier alpha value is -5.70. The van der Waals surface area contributed by atoms with Gasteiger partial charge in [-0.2, -0.15) is 0 Å². The second-order valence-corrected chi connectivity index (χ2v) is 14.6. The number of nitrogens with one attached hydrogen (secondary N) is 1. The van der Waals surface area contributed by atoms with Crippen molar-refractivity contribution in [1.29, 1.82) is 0 Å². The molecule has 0 radical (unpaired) electrons. The van der Waals surface area contributed by atoms with Gasteiger partial charge in [0.25, 0.3) is 0 Å². The Morgan fingerprint density at radius 1 is 0.745 bits per heavy atom. The van der Waals surface area contributed by atoms with E-state index in [1.54, 1.807) is 6.08 Å². The summed E-state index contributed by atoms with van der Waals surface area (Å²) in [4.78, 5) is 0. The Morgan fingerprint density at radius 2 is 1.33 bits per heavy atom. The van der Waals surface area contributed by atoms with Crippen molar-refractivity contribution >= 4 is 28.2 Å². The average Bonchev–Trinajstić information content (AvgIpc) is 3.70. The molecular weight excluding hydrogens is 667 g/mol. The summed E-state index contributed by atoms with van der Waals surface area (Å²) in [7, 11) is 1.99. The molecule has 280 valence electrons. The molecule has 2 heteroatoms. The lowest BCUT2D eigenvalue weighted by molar-refractivity contribution is 0.596. The monoisotopic (exact) mass is 723 g/mol. The topological polar surface area (TPSA) is 25.2 Å². The van der Waals surface area contributed by atoms with Crippen molar-refractivity contribution in [2.75, 3.05) is 7.05 Å². The van der Waals surface area contributed by atoms with E-state index in [1.807, 2.05) is 44.3 Å². The van der Waals surface area contributed by atoms with Crippen LogP contribution >= 0.6 is 0 Å². The van der Waals surface area contributed by atoms with E-state index >= 15 is 0 Å². The predicted octanol–water partition coefficient (Wildman–Crippen LogP) is 14.3. The molecule has 0 aliphatic heterocycles. The molecule has 5 aromatic carbocycles. The van der Waals surface area contributed by atoms with Gasteiger partial charge < -0.3 is 9.73 Å². The third-order valence-electron chi connectivity index (χ3n) is 10.4. The number of furan rings is 1. The summed E-state index contributed by atoms with van der Waals surface area (Å²) < 4.78 is 6.27. The highest BCUT2D eigenvalue weighted by Gasteiger charge is 2.37. The van der Waals surface area contributed by atoms with Crippen molar-refractivity contribution in [3.8, 4) is 11.1 Å². The van der Waals surface area contributed by atoms with Crippen molar-refractivity contribution in [2.24, 2.45) is 0 Å². The maximum Gasteiger partial charge on any atom is 0.143 e. The molecule has 0 saturated carbocycles. The second kappa shape index (κ2) is 19.6. The zero-order valence-electron chi connectivity index (χ0n) is 33.6. The van der Waals surface area contributed by atoms with E-state index in [9.17, 15) is 0 Å². The molecule has 1 atom stereocenters. The number of likely N-dealkylation sites (N-methyl/N-ethyl adjacent to an activating group) is 1. The second-order valence-electron chi connectivity index (χ2n) is 14.6. The van der Waals surface area contributed by atoms with E-state index in [0.717, 1.165) is 35.1 Å². The zero-order valence-corrected chi connectivity index (χ0v) is 33.6. The Labute approximate surface area is 330 Å². The smallest absolute Gasteiger partial charge is 0.143 e. The number of benzene rings is 5. The number of para-hydroxylation sites is 1. The third kappa shape index (κ3) is 9.89. The minimum absolute atomic E-state index is 0.0172. The standard InChI is InChI=1S/C22H20O.C18H16.C10H15N.C3H6/c1-5-15-16-10-7-9-13-19(16)23-21(15)20-14(2)22(3,4)18-12-8-6-11-17(18)20;1-3-7-15(8-4-1)17-11-13-18(14-12-17)16-9-5-2-6-10-16;1-9(11-2)8-10-6-4-3-5-7-10;1-3-2/h5-13H,1H2,2-4H3;1,3-5,7-14H,2,6H2;3-7,9,11H,8H2,1-2H3;3H,1H2,2H3. The predicted molar refractivity (Wildman–Crippen MR) is 240 cm³/mol. The first-order chi connectivity index (χ1) is 26.7. The molecule has 0 fully saturated rings. The molecule has 2 aliphatic carbocycles. The van der Waals surface area contributed by atoms with Crippen LogP contribution in [0.2, 0.25) is 0 Å². The molecule has 2 aliphatic rings. The highest BCUT2D eigenvalue weighted by molar-refractivity contribution is 5.98. The van der Waals surface area contributed by atoms with Crippen molar-refractivity contribution in [1.82, 2.24) is 5.32 Å². The van der Waals surface area contributed by atoms with Crippen molar-refractivity contribution in [3.63, 3.8) is 0 Å². The zero-order chi connectivity index (χ0) is 39.2. The molecular formula is C53H57NO. The summed E-state index contributed by atoms with van der Waals surface area (Å²) in [6, 6.07) is 47.2. The molecule has 1 N–H and O–H groups in total. The number of allylic oxidation sites excluding steroid dienone is 6. The van der Waals surface area contributed by atoms with Crippen LogP contribution in [0, 0.1) is 0 Å². The van der Waals surface area contributed by atoms with E-state index < -0.39 is 0 Å². The first-order valence-electron chi connectivity index (χ1n) is 19.5. The molecule has 1 aromatic heterocycles. The quantitative estimate of drug-likeness (QED) is 0.166. The normalized spacial score (nSPS) is 14.2. The molecule has 0 saturated heterocycles. The van der Waals surface area contributed by atoms with E-state index in [1.165, 1.54) is 56.5 Å². The highest BCUT2D eigenvalue weighted by Crippen LogP contribution is 2.50. The molecule has 8 rings (SSSR count). The van der Waals surface area contributed by atoms with Crippen LogP contribution in [-0.2, 0) is 11.8 Å². The fraction of sp³-hybridized carbons (Fsp3) is 0.208. The fourth-order valence-corrected chi connectivity index (χ4v) is 7.09. The number of fused-ring (bicyclic) bond motifs is 2. The van der Waals surface area contributed by atoms with Crippen LogP contribution in [0.5, 0.6) is 0 Å². The van der Waals surface area contributed by atoms with Gasteiger partial charge in [0.15, 0.2) is 0 Å². The maximum absolute atomic E-state index is 6.27. The Bertz CT molecular complexity index is 2240. The van der Waals surface area contributed by atoms with Gasteiger partial charge in [-0.15, -0.1) is 6.58 Å². The molecule has 0 bridgehead atoms. The molecule has 2 nitrogen and oxygen atoms in total. The van der Waals surface area contributed by atoms with Gasteiger partial charge >= 0.3 is 0 Å². The molecule has 55 heavy (non-hydrogen) atoms. The Balaban J connectivity index is 0.000000161. The summed E-state index contributed by atoms with van der Waals surface area (Å²) in [6.45, 7) is 18.2. The fourth-order valence-electron chi connectivity index (χ4n) is 7.09. The van der Waals surface area contributed by atoms with E-state index in [0.29, 0.717) is 6.04 Å². The first kappa shape index (κ1) is 40.5. The van der Waals surface area contributed by atoms with Gasteiger partial charge in [-0.25, -0.2) is 0 Å². The minimum atomic E-state index is 0.0172. The number of hydrogen-bond acceptors (Lipinski definition) is 2. The summed E-state index contributed by atoms with van der Waals surface area (Å²) >= 11 is 0. The summed E-state index contributed by atoms with van der Waals surface area (Å²) in [5, 5.41) is 4.34. The van der Waals surface area contributed by atoms with Crippen LogP contribution in [0.15, 0.2) is 181 Å². The van der Waals surface area contributed by atoms with Gasteiger partial charge in [0.05, 0.1) is 0 Å². The van der Waals surface area contributed by atoms with Crippen molar-refractivity contribution < 1.29 is 4.42 Å². The Morgan fingerprint density at radius 3 is 1.96 bits per heavy atom. The molecule has 6 aromatic rings. The minimum Gasteiger partial charge on any atom is -0.455 e. The van der Waals surface area contributed by atoms with Gasteiger partial charge in [-0.05, 0) is 92.1 Å². The summed E-state index contributed by atoms with van der Waals surface area (Å²) in [6.07, 6.45) is 13.9. The lowest BCUT2D eigenvalue weighted by Crippen LogP contribution is -2.23. The van der Waals surface area contributed by atoms with Crippen LogP contribution in [-0.4, -0.2) is 13.1 Å². The Kier molecular flexibility index (Phi) is 14.4. The average molecular weight is 724 g/mol. The lowest BCUT2D eigenvalue weighted by atomic mass is 9.82. The maximum atomic E-state index is 6.27. The van der Waals surface area contributed by atoms with Crippen molar-refractivity contribution in [3.05, 3.63) is 210 Å². The SMILES string of the molecule is C1=CC(c2ccc(-c3ccccc3)cc2)=CCC1.C=CC.C=Cc1c(C2=C(C)C(C)(C)c3ccccc32)oc2ccccc12.CNC(C)Cc1ccccc1. The lowest BCUT2D eigenvalue weighted by Gasteiger charge is -2.21. The third-order valence-corrected chi connectivity index (χ3v) is 10.4. The molecule has 1 heterocycles. The van der Waals surface area contributed by atoms with Gasteiger partial charge in [0.1, 0.15) is 11.3 Å². The van der Waals surface area contributed by atoms with Crippen LogP contribution in [0.1, 0.15) is 81.0 Å². The number of rotatable bonds is 7. The van der Waals surface area contributed by atoms with E-state index in [-0.39, 0.29) is 5.41 Å². The van der Waals surface area contributed by atoms with Crippen LogP contribution in [0.25, 0.3) is 39.3 Å². The molecule has 0 spiro atoms. The summed E-state index contributed by atoms with van der Waals surface area (Å²) in [5.74, 6) is 0.941. The van der Waals surface area contributed by atoms with Crippen molar-refractivity contribution in [2.45, 2.75) is 65.3 Å². The molecule has 0 amide bonds. The highest BCUT2D eigenvalue weighted by atomic mass is 16.3. The van der Waals surface area contributed by atoms with Gasteiger partial charge in [-0.1, -0.05) is 184 Å². The van der Waals surface area contributed by atoms with Gasteiger partial charge in [0, 0.05) is 28.0 Å².